The average Bonchev–Trinajstić information content (AvgIpc) is 2.92. The molecule has 0 aromatic rings. The Labute approximate surface area is 161 Å². The number of fused-ring (bicyclic) bond motifs is 5. The predicted molar refractivity (Wildman–Crippen MR) is 101 cm³/mol. The summed E-state index contributed by atoms with van der Waals surface area (Å²) in [5.74, 6) is 1.76. The molecule has 2 N–H and O–H groups in total. The van der Waals surface area contributed by atoms with Crippen LogP contribution in [0.5, 0.6) is 0 Å². The zero-order chi connectivity index (χ0) is 19.4. The summed E-state index contributed by atoms with van der Waals surface area (Å²) >= 11 is 0. The smallest absolute Gasteiger partial charge is 0.307 e. The fraction of sp³-hybridized carbons (Fsp3) is 0.864. The maximum atomic E-state index is 13.2. The fourth-order valence-electron chi connectivity index (χ4n) is 7.25. The van der Waals surface area contributed by atoms with Crippen LogP contribution in [0.2, 0.25) is 0 Å². The molecule has 4 aliphatic rings. The van der Waals surface area contributed by atoms with Gasteiger partial charge in [-0.15, -0.1) is 0 Å². The zero-order valence-electron chi connectivity index (χ0n) is 16.7. The molecule has 0 heterocycles. The summed E-state index contributed by atoms with van der Waals surface area (Å²) in [6, 6.07) is 0. The van der Waals surface area contributed by atoms with Crippen LogP contribution in [0.4, 0.5) is 0 Å². The number of ketones is 2. The van der Waals surface area contributed by atoms with Gasteiger partial charge < -0.3 is 10.5 Å². The number of carbonyl (C=O) groups excluding carboxylic acids is 3. The fourth-order valence-corrected chi connectivity index (χ4v) is 7.25. The van der Waals surface area contributed by atoms with Gasteiger partial charge in [0.05, 0.1) is 6.42 Å². The van der Waals surface area contributed by atoms with E-state index < -0.39 is 0 Å². The molecule has 5 nitrogen and oxygen atoms in total. The molecule has 0 spiro atoms. The molecular formula is C22H33NO4. The Morgan fingerprint density at radius 1 is 1.15 bits per heavy atom. The van der Waals surface area contributed by atoms with E-state index in [0.717, 1.165) is 32.1 Å². The number of ether oxygens (including phenoxy) is 1. The number of Topliss-reactive ketones (excluding diaryl/α,β-unsaturated/α-hetero) is 2. The van der Waals surface area contributed by atoms with E-state index in [0.29, 0.717) is 55.1 Å². The van der Waals surface area contributed by atoms with E-state index in [1.165, 1.54) is 0 Å². The molecule has 0 saturated heterocycles. The van der Waals surface area contributed by atoms with Crippen molar-refractivity contribution in [2.24, 2.45) is 40.2 Å². The van der Waals surface area contributed by atoms with E-state index in [1.807, 2.05) is 0 Å². The van der Waals surface area contributed by atoms with Gasteiger partial charge in [0.25, 0.3) is 0 Å². The van der Waals surface area contributed by atoms with Gasteiger partial charge in [0.1, 0.15) is 17.7 Å². The summed E-state index contributed by atoms with van der Waals surface area (Å²) in [5, 5.41) is 0. The lowest BCUT2D eigenvalue weighted by molar-refractivity contribution is -0.169. The zero-order valence-corrected chi connectivity index (χ0v) is 16.7. The molecule has 7 atom stereocenters. The maximum absolute atomic E-state index is 13.2. The third-order valence-corrected chi connectivity index (χ3v) is 8.76. The lowest BCUT2D eigenvalue weighted by Crippen LogP contribution is -2.57. The van der Waals surface area contributed by atoms with Crippen LogP contribution >= 0.6 is 0 Å². The van der Waals surface area contributed by atoms with Gasteiger partial charge in [-0.05, 0) is 61.7 Å². The second kappa shape index (κ2) is 6.68. The molecule has 27 heavy (non-hydrogen) atoms. The highest BCUT2D eigenvalue weighted by Gasteiger charge is 2.62. The number of rotatable bonds is 3. The SMILES string of the molecule is C[C@]12CC[C@H](OC(=O)CCN)CC1C(=O)C[C@@H]1[C@@H]2CC[C@]2(C)C(=O)CC[C@@H]12. The summed E-state index contributed by atoms with van der Waals surface area (Å²) in [6.45, 7) is 4.74. The minimum Gasteiger partial charge on any atom is -0.462 e. The Bertz CT molecular complexity index is 661. The van der Waals surface area contributed by atoms with E-state index >= 15 is 0 Å². The molecule has 0 bridgehead atoms. The summed E-state index contributed by atoms with van der Waals surface area (Å²) in [7, 11) is 0. The van der Waals surface area contributed by atoms with Crippen molar-refractivity contribution in [1.82, 2.24) is 0 Å². The highest BCUT2D eigenvalue weighted by Crippen LogP contribution is 2.64. The van der Waals surface area contributed by atoms with Crippen LogP contribution in [0.25, 0.3) is 0 Å². The standard InChI is InChI=1S/C22H33NO4/c1-21-8-5-13(27-20(26)7-10-23)11-17(21)18(24)12-14-15-3-4-19(25)22(15,2)9-6-16(14)21/h13-17H,3-12,23H2,1-2H3/t13-,14-,15-,16-,17?,21+,22-/m0/s1. The van der Waals surface area contributed by atoms with Crippen LogP contribution in [0.3, 0.4) is 0 Å². The first-order valence-corrected chi connectivity index (χ1v) is 10.7. The van der Waals surface area contributed by atoms with Crippen LogP contribution < -0.4 is 5.73 Å². The van der Waals surface area contributed by atoms with Gasteiger partial charge in [-0.2, -0.15) is 0 Å². The Kier molecular flexibility index (Phi) is 4.73. The van der Waals surface area contributed by atoms with E-state index in [4.69, 9.17) is 10.5 Å². The van der Waals surface area contributed by atoms with Crippen molar-refractivity contribution in [2.45, 2.75) is 77.7 Å². The van der Waals surface area contributed by atoms with Crippen LogP contribution in [0.1, 0.15) is 71.6 Å². The first kappa shape index (κ1) is 19.1. The van der Waals surface area contributed by atoms with E-state index in [9.17, 15) is 14.4 Å². The third-order valence-electron chi connectivity index (χ3n) is 8.76. The van der Waals surface area contributed by atoms with Crippen LogP contribution in [0.15, 0.2) is 0 Å². The molecule has 1 unspecified atom stereocenters. The predicted octanol–water partition coefficient (Wildman–Crippen LogP) is 3.04. The number of nitrogens with two attached hydrogens (primary N) is 1. The average molecular weight is 376 g/mol. The van der Waals surface area contributed by atoms with Crippen molar-refractivity contribution < 1.29 is 19.1 Å². The molecular weight excluding hydrogens is 342 g/mol. The van der Waals surface area contributed by atoms with Crippen molar-refractivity contribution in [3.63, 3.8) is 0 Å². The van der Waals surface area contributed by atoms with E-state index in [1.54, 1.807) is 0 Å². The van der Waals surface area contributed by atoms with Crippen LogP contribution in [-0.4, -0.2) is 30.2 Å². The van der Waals surface area contributed by atoms with Gasteiger partial charge in [-0.25, -0.2) is 0 Å². The largest absolute Gasteiger partial charge is 0.462 e. The highest BCUT2D eigenvalue weighted by molar-refractivity contribution is 5.88. The maximum Gasteiger partial charge on any atom is 0.307 e. The summed E-state index contributed by atoms with van der Waals surface area (Å²) in [6.07, 6.45) is 6.82. The number of esters is 1. The van der Waals surface area contributed by atoms with Crippen molar-refractivity contribution in [3.05, 3.63) is 0 Å². The minimum absolute atomic E-state index is 0.00960. The molecule has 0 aromatic carbocycles. The lowest BCUT2D eigenvalue weighted by atomic mass is 9.45. The van der Waals surface area contributed by atoms with Gasteiger partial charge in [-0.1, -0.05) is 13.8 Å². The molecule has 4 fully saturated rings. The summed E-state index contributed by atoms with van der Waals surface area (Å²) < 4.78 is 5.59. The first-order chi connectivity index (χ1) is 12.8. The number of hydrogen-bond donors (Lipinski definition) is 1. The first-order valence-electron chi connectivity index (χ1n) is 10.7. The Hall–Kier alpha value is -1.23. The van der Waals surface area contributed by atoms with Gasteiger partial charge in [-0.3, -0.25) is 14.4 Å². The van der Waals surface area contributed by atoms with Gasteiger partial charge in [0.15, 0.2) is 0 Å². The second-order valence-electron chi connectivity index (χ2n) is 9.95. The summed E-state index contributed by atoms with van der Waals surface area (Å²) in [5.41, 5.74) is 5.24. The lowest BCUT2D eigenvalue weighted by Gasteiger charge is -2.59. The minimum atomic E-state index is -0.245. The Morgan fingerprint density at radius 3 is 2.67 bits per heavy atom. The van der Waals surface area contributed by atoms with Gasteiger partial charge in [0, 0.05) is 30.7 Å². The normalized spacial score (nSPS) is 46.4. The van der Waals surface area contributed by atoms with Gasteiger partial charge in [0.2, 0.25) is 0 Å². The Morgan fingerprint density at radius 2 is 1.93 bits per heavy atom. The molecule has 0 amide bonds. The Balaban J connectivity index is 1.53. The number of hydrogen-bond acceptors (Lipinski definition) is 5. The summed E-state index contributed by atoms with van der Waals surface area (Å²) in [4.78, 5) is 37.5. The molecule has 0 aliphatic heterocycles. The molecule has 150 valence electrons. The third kappa shape index (κ3) is 2.88. The quantitative estimate of drug-likeness (QED) is 0.766. The van der Waals surface area contributed by atoms with Crippen LogP contribution in [-0.2, 0) is 19.1 Å². The monoisotopic (exact) mass is 375 g/mol. The van der Waals surface area contributed by atoms with E-state index in [2.05, 4.69) is 13.8 Å². The van der Waals surface area contributed by atoms with E-state index in [-0.39, 0.29) is 35.2 Å². The molecule has 4 saturated carbocycles. The van der Waals surface area contributed by atoms with Crippen molar-refractivity contribution in [2.75, 3.05) is 6.54 Å². The van der Waals surface area contributed by atoms with Crippen molar-refractivity contribution in [3.8, 4) is 0 Å². The van der Waals surface area contributed by atoms with Gasteiger partial charge >= 0.3 is 5.97 Å². The second-order valence-corrected chi connectivity index (χ2v) is 9.95. The molecule has 0 aromatic heterocycles. The highest BCUT2D eigenvalue weighted by atomic mass is 16.5. The molecule has 5 heteroatoms. The molecule has 4 aliphatic carbocycles. The van der Waals surface area contributed by atoms with Crippen LogP contribution in [0, 0.1) is 34.5 Å². The molecule has 4 rings (SSSR count). The molecule has 0 radical (unpaired) electrons. The van der Waals surface area contributed by atoms with Crippen molar-refractivity contribution >= 4 is 17.5 Å². The van der Waals surface area contributed by atoms with Crippen molar-refractivity contribution in [1.29, 1.82) is 0 Å². The topological polar surface area (TPSA) is 86.5 Å². The number of carbonyl (C=O) groups is 3.